The van der Waals surface area contributed by atoms with Gasteiger partial charge in [-0.3, -0.25) is 0 Å². The van der Waals surface area contributed by atoms with Crippen molar-refractivity contribution < 1.29 is 4.74 Å². The fourth-order valence-corrected chi connectivity index (χ4v) is 3.40. The molecule has 2 aliphatic rings. The number of hydrogen-bond acceptors (Lipinski definition) is 2. The summed E-state index contributed by atoms with van der Waals surface area (Å²) in [5.74, 6) is 0. The van der Waals surface area contributed by atoms with E-state index in [4.69, 9.17) is 4.74 Å². The van der Waals surface area contributed by atoms with Crippen LogP contribution < -0.4 is 5.32 Å². The SMILES string of the molecule is c1ccc(CCCOC2(CNC3CC3)CCCCC2)cc1. The van der Waals surface area contributed by atoms with Crippen LogP contribution in [0.4, 0.5) is 0 Å². The summed E-state index contributed by atoms with van der Waals surface area (Å²) >= 11 is 0. The molecular weight excluding hydrogens is 258 g/mol. The predicted octanol–water partition coefficient (Wildman–Crippen LogP) is 4.09. The van der Waals surface area contributed by atoms with Crippen LogP contribution in [0.2, 0.25) is 0 Å². The van der Waals surface area contributed by atoms with Crippen LogP contribution in [0.3, 0.4) is 0 Å². The second-order valence-corrected chi connectivity index (χ2v) is 6.84. The Bertz CT molecular complexity index is 407. The van der Waals surface area contributed by atoms with Crippen LogP contribution in [-0.2, 0) is 11.2 Å². The molecule has 0 spiro atoms. The van der Waals surface area contributed by atoms with Crippen molar-refractivity contribution in [3.8, 4) is 0 Å². The normalized spacial score (nSPS) is 21.3. The maximum Gasteiger partial charge on any atom is 0.0806 e. The molecule has 1 N–H and O–H groups in total. The van der Waals surface area contributed by atoms with Gasteiger partial charge in [0.05, 0.1) is 5.60 Å². The lowest BCUT2D eigenvalue weighted by Gasteiger charge is -2.37. The van der Waals surface area contributed by atoms with Crippen LogP contribution in [0.1, 0.15) is 56.9 Å². The topological polar surface area (TPSA) is 21.3 Å². The number of nitrogens with one attached hydrogen (secondary N) is 1. The largest absolute Gasteiger partial charge is 0.374 e. The van der Waals surface area contributed by atoms with Crippen molar-refractivity contribution in [1.29, 1.82) is 0 Å². The zero-order chi connectivity index (χ0) is 14.4. The molecule has 116 valence electrons. The van der Waals surface area contributed by atoms with Gasteiger partial charge in [-0.15, -0.1) is 0 Å². The summed E-state index contributed by atoms with van der Waals surface area (Å²) in [4.78, 5) is 0. The Morgan fingerprint density at radius 3 is 2.52 bits per heavy atom. The molecule has 0 saturated heterocycles. The van der Waals surface area contributed by atoms with Crippen molar-refractivity contribution in [1.82, 2.24) is 5.32 Å². The van der Waals surface area contributed by atoms with E-state index in [1.807, 2.05) is 0 Å². The lowest BCUT2D eigenvalue weighted by molar-refractivity contribution is -0.0693. The Labute approximate surface area is 129 Å². The molecule has 2 nitrogen and oxygen atoms in total. The van der Waals surface area contributed by atoms with E-state index in [0.717, 1.165) is 32.0 Å². The van der Waals surface area contributed by atoms with Gasteiger partial charge in [0, 0.05) is 19.2 Å². The zero-order valence-corrected chi connectivity index (χ0v) is 13.2. The molecule has 1 aromatic carbocycles. The van der Waals surface area contributed by atoms with E-state index in [0.29, 0.717) is 0 Å². The first-order valence-corrected chi connectivity index (χ1v) is 8.78. The van der Waals surface area contributed by atoms with E-state index in [1.165, 1.54) is 50.5 Å². The Balaban J connectivity index is 1.42. The molecule has 2 fully saturated rings. The highest BCUT2D eigenvalue weighted by molar-refractivity contribution is 5.14. The van der Waals surface area contributed by atoms with Crippen LogP contribution in [-0.4, -0.2) is 24.8 Å². The van der Waals surface area contributed by atoms with Crippen LogP contribution >= 0.6 is 0 Å². The summed E-state index contributed by atoms with van der Waals surface area (Å²) in [6, 6.07) is 11.5. The monoisotopic (exact) mass is 287 g/mol. The third-order valence-corrected chi connectivity index (χ3v) is 4.92. The molecule has 0 bridgehead atoms. The fourth-order valence-electron chi connectivity index (χ4n) is 3.40. The van der Waals surface area contributed by atoms with Gasteiger partial charge in [-0.2, -0.15) is 0 Å². The maximum atomic E-state index is 6.41. The number of hydrogen-bond donors (Lipinski definition) is 1. The zero-order valence-electron chi connectivity index (χ0n) is 13.2. The van der Waals surface area contributed by atoms with E-state index in [1.54, 1.807) is 0 Å². The van der Waals surface area contributed by atoms with Gasteiger partial charge in [0.2, 0.25) is 0 Å². The van der Waals surface area contributed by atoms with E-state index >= 15 is 0 Å². The average molecular weight is 287 g/mol. The summed E-state index contributed by atoms with van der Waals surface area (Å²) in [6.07, 6.45) is 11.6. The third-order valence-electron chi connectivity index (χ3n) is 4.92. The van der Waals surface area contributed by atoms with Gasteiger partial charge in [-0.05, 0) is 44.1 Å². The minimum Gasteiger partial charge on any atom is -0.374 e. The first-order chi connectivity index (χ1) is 10.4. The number of rotatable bonds is 8. The lowest BCUT2D eigenvalue weighted by atomic mass is 9.84. The quantitative estimate of drug-likeness (QED) is 0.727. The number of aryl methyl sites for hydroxylation is 1. The van der Waals surface area contributed by atoms with Crippen LogP contribution in [0, 0.1) is 0 Å². The van der Waals surface area contributed by atoms with Crippen molar-refractivity contribution in [2.24, 2.45) is 0 Å². The molecule has 0 radical (unpaired) electrons. The standard InChI is InChI=1S/C19H29NO/c1-3-8-17(9-4-1)10-7-15-21-19(13-5-2-6-14-19)16-20-18-11-12-18/h1,3-4,8-9,18,20H,2,5-7,10-16H2. The molecule has 0 aliphatic heterocycles. The van der Waals surface area contributed by atoms with Gasteiger partial charge < -0.3 is 10.1 Å². The van der Waals surface area contributed by atoms with Gasteiger partial charge >= 0.3 is 0 Å². The second kappa shape index (κ2) is 7.42. The Kier molecular flexibility index (Phi) is 5.32. The molecule has 0 heterocycles. The molecular formula is C19H29NO. The van der Waals surface area contributed by atoms with Gasteiger partial charge in [0.15, 0.2) is 0 Å². The third kappa shape index (κ3) is 4.82. The summed E-state index contributed by atoms with van der Waals surface area (Å²) in [6.45, 7) is 1.98. The second-order valence-electron chi connectivity index (χ2n) is 6.84. The fraction of sp³-hybridized carbons (Fsp3) is 0.684. The molecule has 21 heavy (non-hydrogen) atoms. The Morgan fingerprint density at radius 1 is 1.05 bits per heavy atom. The van der Waals surface area contributed by atoms with Crippen molar-refractivity contribution in [2.45, 2.75) is 69.4 Å². The summed E-state index contributed by atoms with van der Waals surface area (Å²) in [5.41, 5.74) is 1.56. The minimum absolute atomic E-state index is 0.136. The number of ether oxygens (including phenoxy) is 1. The first-order valence-electron chi connectivity index (χ1n) is 8.78. The predicted molar refractivity (Wildman–Crippen MR) is 87.6 cm³/mol. The van der Waals surface area contributed by atoms with Gasteiger partial charge in [0.1, 0.15) is 0 Å². The van der Waals surface area contributed by atoms with Crippen molar-refractivity contribution in [3.63, 3.8) is 0 Å². The molecule has 3 rings (SSSR count). The highest BCUT2D eigenvalue weighted by Gasteiger charge is 2.34. The lowest BCUT2D eigenvalue weighted by Crippen LogP contribution is -2.45. The highest BCUT2D eigenvalue weighted by atomic mass is 16.5. The molecule has 0 aromatic heterocycles. The van der Waals surface area contributed by atoms with E-state index < -0.39 is 0 Å². The van der Waals surface area contributed by atoms with E-state index in [9.17, 15) is 0 Å². The smallest absolute Gasteiger partial charge is 0.0806 e. The first kappa shape index (κ1) is 15.1. The minimum atomic E-state index is 0.136. The molecule has 2 heteroatoms. The van der Waals surface area contributed by atoms with Gasteiger partial charge in [-0.25, -0.2) is 0 Å². The molecule has 2 aliphatic carbocycles. The average Bonchev–Trinajstić information content (AvgIpc) is 3.36. The molecule has 0 atom stereocenters. The van der Waals surface area contributed by atoms with Gasteiger partial charge in [0.25, 0.3) is 0 Å². The molecule has 2 saturated carbocycles. The summed E-state index contributed by atoms with van der Waals surface area (Å²) in [5, 5.41) is 3.70. The Morgan fingerprint density at radius 2 is 1.81 bits per heavy atom. The van der Waals surface area contributed by atoms with E-state index in [2.05, 4.69) is 35.6 Å². The van der Waals surface area contributed by atoms with Gasteiger partial charge in [-0.1, -0.05) is 49.6 Å². The highest BCUT2D eigenvalue weighted by Crippen LogP contribution is 2.32. The van der Waals surface area contributed by atoms with E-state index in [-0.39, 0.29) is 5.60 Å². The maximum absolute atomic E-state index is 6.41. The molecule has 0 amide bonds. The van der Waals surface area contributed by atoms with Crippen LogP contribution in [0.25, 0.3) is 0 Å². The van der Waals surface area contributed by atoms with Crippen molar-refractivity contribution >= 4 is 0 Å². The Hall–Kier alpha value is -0.860. The summed E-state index contributed by atoms with van der Waals surface area (Å²) in [7, 11) is 0. The van der Waals surface area contributed by atoms with Crippen LogP contribution in [0.5, 0.6) is 0 Å². The van der Waals surface area contributed by atoms with Crippen molar-refractivity contribution in [2.75, 3.05) is 13.2 Å². The number of benzene rings is 1. The summed E-state index contributed by atoms with van der Waals surface area (Å²) < 4.78 is 6.41. The molecule has 1 aromatic rings. The van der Waals surface area contributed by atoms with Crippen molar-refractivity contribution in [3.05, 3.63) is 35.9 Å². The van der Waals surface area contributed by atoms with Crippen LogP contribution in [0.15, 0.2) is 30.3 Å². The molecule has 0 unspecified atom stereocenters.